The van der Waals surface area contributed by atoms with E-state index in [-0.39, 0.29) is 17.3 Å². The van der Waals surface area contributed by atoms with E-state index in [0.717, 1.165) is 9.47 Å². The second-order valence-electron chi connectivity index (χ2n) is 5.47. The van der Waals surface area contributed by atoms with Gasteiger partial charge in [-0.2, -0.15) is 0 Å². The van der Waals surface area contributed by atoms with Gasteiger partial charge >= 0.3 is 5.69 Å². The van der Waals surface area contributed by atoms with Crippen molar-refractivity contribution in [3.63, 3.8) is 0 Å². The van der Waals surface area contributed by atoms with Gasteiger partial charge in [-0.25, -0.2) is 4.79 Å². The lowest BCUT2D eigenvalue weighted by Crippen LogP contribution is -2.13. The minimum Gasteiger partial charge on any atom is -0.357 e. The second kappa shape index (κ2) is 6.29. The summed E-state index contributed by atoms with van der Waals surface area (Å²) in [5, 5.41) is 15.0. The SMILES string of the molecule is O=C(CSc1nnc(NC2CC2)s1)Nc1ccc2[nH]c(=O)[nH]c2c1. The summed E-state index contributed by atoms with van der Waals surface area (Å²) in [6.07, 6.45) is 2.36. The molecule has 124 valence electrons. The first kappa shape index (κ1) is 15.2. The van der Waals surface area contributed by atoms with Crippen molar-refractivity contribution in [1.29, 1.82) is 0 Å². The number of amides is 1. The third-order valence-corrected chi connectivity index (χ3v) is 5.43. The molecule has 0 saturated heterocycles. The van der Waals surface area contributed by atoms with Crippen molar-refractivity contribution in [1.82, 2.24) is 20.2 Å². The molecule has 10 heteroatoms. The van der Waals surface area contributed by atoms with Crippen LogP contribution in [0.15, 0.2) is 27.3 Å². The van der Waals surface area contributed by atoms with Crippen molar-refractivity contribution in [2.75, 3.05) is 16.4 Å². The van der Waals surface area contributed by atoms with Crippen LogP contribution >= 0.6 is 23.1 Å². The van der Waals surface area contributed by atoms with Crippen molar-refractivity contribution >= 4 is 50.9 Å². The zero-order valence-electron chi connectivity index (χ0n) is 12.5. The lowest BCUT2D eigenvalue weighted by Gasteiger charge is -2.04. The molecular formula is C14H14N6O2S2. The lowest BCUT2D eigenvalue weighted by atomic mass is 10.3. The van der Waals surface area contributed by atoms with Crippen molar-refractivity contribution in [3.05, 3.63) is 28.7 Å². The van der Waals surface area contributed by atoms with Gasteiger partial charge in [0.15, 0.2) is 4.34 Å². The number of anilines is 2. The average Bonchev–Trinajstić information content (AvgIpc) is 3.11. The fourth-order valence-electron chi connectivity index (χ4n) is 2.16. The number of carbonyl (C=O) groups is 1. The summed E-state index contributed by atoms with van der Waals surface area (Å²) in [6, 6.07) is 5.75. The number of fused-ring (bicyclic) bond motifs is 1. The van der Waals surface area contributed by atoms with E-state index in [2.05, 4.69) is 30.8 Å². The van der Waals surface area contributed by atoms with E-state index in [1.807, 2.05) is 0 Å². The zero-order chi connectivity index (χ0) is 16.5. The fourth-order valence-corrected chi connectivity index (χ4v) is 3.79. The summed E-state index contributed by atoms with van der Waals surface area (Å²) < 4.78 is 0.763. The fraction of sp³-hybridized carbons (Fsp3) is 0.286. The number of aromatic amines is 2. The van der Waals surface area contributed by atoms with Gasteiger partial charge in [0.2, 0.25) is 11.0 Å². The predicted octanol–water partition coefficient (Wildman–Crippen LogP) is 2.01. The number of imidazole rings is 1. The Morgan fingerprint density at radius 1 is 1.29 bits per heavy atom. The van der Waals surface area contributed by atoms with E-state index in [9.17, 15) is 9.59 Å². The van der Waals surface area contributed by atoms with Crippen LogP contribution in [0.3, 0.4) is 0 Å². The Kier molecular flexibility index (Phi) is 3.98. The van der Waals surface area contributed by atoms with E-state index >= 15 is 0 Å². The van der Waals surface area contributed by atoms with E-state index in [1.54, 1.807) is 18.2 Å². The minimum atomic E-state index is -0.268. The molecule has 1 aliphatic rings. The molecule has 8 nitrogen and oxygen atoms in total. The molecule has 0 unspecified atom stereocenters. The number of rotatable bonds is 6. The maximum atomic E-state index is 12.1. The summed E-state index contributed by atoms with van der Waals surface area (Å²) >= 11 is 2.81. The van der Waals surface area contributed by atoms with Crippen molar-refractivity contribution in [2.24, 2.45) is 0 Å². The maximum Gasteiger partial charge on any atom is 0.323 e. The molecule has 0 atom stereocenters. The second-order valence-corrected chi connectivity index (χ2v) is 7.67. The number of hydrogen-bond acceptors (Lipinski definition) is 7. The molecule has 1 aromatic carbocycles. The van der Waals surface area contributed by atoms with Gasteiger partial charge in [-0.3, -0.25) is 4.79 Å². The zero-order valence-corrected chi connectivity index (χ0v) is 14.1. The van der Waals surface area contributed by atoms with Crippen molar-refractivity contribution < 1.29 is 4.79 Å². The van der Waals surface area contributed by atoms with Crippen LogP contribution < -0.4 is 16.3 Å². The topological polar surface area (TPSA) is 116 Å². The molecule has 0 bridgehead atoms. The summed E-state index contributed by atoms with van der Waals surface area (Å²) in [4.78, 5) is 28.6. The molecule has 1 fully saturated rings. The summed E-state index contributed by atoms with van der Waals surface area (Å²) in [6.45, 7) is 0. The molecule has 1 saturated carbocycles. The van der Waals surface area contributed by atoms with E-state index in [0.29, 0.717) is 22.8 Å². The van der Waals surface area contributed by atoms with Gasteiger partial charge in [-0.15, -0.1) is 10.2 Å². The first-order valence-corrected chi connectivity index (χ1v) is 9.21. The van der Waals surface area contributed by atoms with Gasteiger partial charge in [0, 0.05) is 11.7 Å². The van der Waals surface area contributed by atoms with Crippen LogP contribution in [0.2, 0.25) is 0 Å². The lowest BCUT2D eigenvalue weighted by molar-refractivity contribution is -0.113. The Balaban J connectivity index is 1.33. The number of nitrogens with one attached hydrogen (secondary N) is 4. The van der Waals surface area contributed by atoms with E-state index in [4.69, 9.17) is 0 Å². The molecule has 0 aliphatic heterocycles. The van der Waals surface area contributed by atoms with Gasteiger partial charge < -0.3 is 20.6 Å². The summed E-state index contributed by atoms with van der Waals surface area (Å²) in [5.41, 5.74) is 1.73. The highest BCUT2D eigenvalue weighted by molar-refractivity contribution is 8.01. The summed E-state index contributed by atoms with van der Waals surface area (Å²) in [5.74, 6) is 0.115. The van der Waals surface area contributed by atoms with Gasteiger partial charge in [0.25, 0.3) is 0 Å². The molecular weight excluding hydrogens is 348 g/mol. The first-order valence-electron chi connectivity index (χ1n) is 7.40. The largest absolute Gasteiger partial charge is 0.357 e. The average molecular weight is 362 g/mol. The normalized spacial score (nSPS) is 14.0. The molecule has 2 heterocycles. The molecule has 4 N–H and O–H groups in total. The quantitative estimate of drug-likeness (QED) is 0.499. The van der Waals surface area contributed by atoms with Crippen molar-refractivity contribution in [3.8, 4) is 0 Å². The van der Waals surface area contributed by atoms with Crippen LogP contribution in [-0.2, 0) is 4.79 Å². The van der Waals surface area contributed by atoms with Crippen LogP contribution in [0.25, 0.3) is 11.0 Å². The molecule has 0 spiro atoms. The van der Waals surface area contributed by atoms with Crippen LogP contribution in [0, 0.1) is 0 Å². The number of hydrogen-bond donors (Lipinski definition) is 4. The highest BCUT2D eigenvalue weighted by Crippen LogP contribution is 2.30. The Bertz CT molecular complexity index is 942. The number of H-pyrrole nitrogens is 2. The highest BCUT2D eigenvalue weighted by Gasteiger charge is 2.22. The highest BCUT2D eigenvalue weighted by atomic mass is 32.2. The monoisotopic (exact) mass is 362 g/mol. The smallest absolute Gasteiger partial charge is 0.323 e. The van der Waals surface area contributed by atoms with E-state index in [1.165, 1.54) is 35.9 Å². The Hall–Kier alpha value is -2.33. The Morgan fingerprint density at radius 3 is 2.96 bits per heavy atom. The maximum absolute atomic E-state index is 12.1. The van der Waals surface area contributed by atoms with Gasteiger partial charge in [-0.05, 0) is 31.0 Å². The summed E-state index contributed by atoms with van der Waals surface area (Å²) in [7, 11) is 0. The van der Waals surface area contributed by atoms with Gasteiger partial charge in [0.05, 0.1) is 16.8 Å². The molecule has 4 rings (SSSR count). The van der Waals surface area contributed by atoms with Gasteiger partial charge in [0.1, 0.15) is 0 Å². The van der Waals surface area contributed by atoms with Crippen LogP contribution in [0.1, 0.15) is 12.8 Å². The van der Waals surface area contributed by atoms with Crippen molar-refractivity contribution in [2.45, 2.75) is 23.2 Å². The molecule has 3 aromatic rings. The van der Waals surface area contributed by atoms with E-state index < -0.39 is 0 Å². The number of nitrogens with zero attached hydrogens (tertiary/aromatic N) is 2. The molecule has 1 aliphatic carbocycles. The third kappa shape index (κ3) is 3.60. The Morgan fingerprint density at radius 2 is 2.12 bits per heavy atom. The Labute approximate surface area is 144 Å². The number of benzene rings is 1. The molecule has 2 aromatic heterocycles. The predicted molar refractivity (Wildman–Crippen MR) is 94.8 cm³/mol. The number of carbonyl (C=O) groups excluding carboxylic acids is 1. The third-order valence-electron chi connectivity index (χ3n) is 3.44. The van der Waals surface area contributed by atoms with Crippen LogP contribution in [0.4, 0.5) is 10.8 Å². The first-order chi connectivity index (χ1) is 11.7. The van der Waals surface area contributed by atoms with Gasteiger partial charge in [-0.1, -0.05) is 23.1 Å². The van der Waals surface area contributed by atoms with Crippen LogP contribution in [0.5, 0.6) is 0 Å². The molecule has 1 amide bonds. The number of aromatic nitrogens is 4. The molecule has 0 radical (unpaired) electrons. The number of thioether (sulfide) groups is 1. The standard InChI is InChI=1S/C14H14N6O2S2/c21-11(6-23-14-20-19-13(24-14)16-7-1-2-7)15-8-3-4-9-10(5-8)18-12(22)17-9/h3-5,7H,1-2,6H2,(H,15,21)(H,16,19)(H2,17,18,22). The molecule has 24 heavy (non-hydrogen) atoms. The van der Waals surface area contributed by atoms with Crippen LogP contribution in [-0.4, -0.2) is 37.9 Å². The minimum absolute atomic E-state index is 0.135.